The third kappa shape index (κ3) is 47.9. The van der Waals surface area contributed by atoms with Crippen molar-refractivity contribution in [3.63, 3.8) is 0 Å². The van der Waals surface area contributed by atoms with Crippen LogP contribution in [-0.4, -0.2) is 37.2 Å². The average Bonchev–Trinajstić information content (AvgIpc) is 3.26. The Morgan fingerprint density at radius 2 is 0.613 bits per heavy atom. The maximum absolute atomic E-state index is 12.8. The number of hydrogen-bond acceptors (Lipinski definition) is 6. The predicted molar refractivity (Wildman–Crippen MR) is 266 cm³/mol. The third-order valence-electron chi connectivity index (χ3n) is 13.1. The molecule has 0 aromatic carbocycles. The van der Waals surface area contributed by atoms with Gasteiger partial charge in [0.2, 0.25) is 0 Å². The van der Waals surface area contributed by atoms with Crippen LogP contribution in [0.2, 0.25) is 0 Å². The number of hydrogen-bond donors (Lipinski definition) is 0. The molecule has 0 aliphatic heterocycles. The van der Waals surface area contributed by atoms with Gasteiger partial charge in [0.25, 0.3) is 0 Å². The van der Waals surface area contributed by atoms with E-state index in [4.69, 9.17) is 14.2 Å². The molecule has 0 rings (SSSR count). The van der Waals surface area contributed by atoms with Crippen LogP contribution in [0.25, 0.3) is 0 Å². The van der Waals surface area contributed by atoms with Crippen LogP contribution < -0.4 is 0 Å². The van der Waals surface area contributed by atoms with Crippen LogP contribution in [0.4, 0.5) is 0 Å². The van der Waals surface area contributed by atoms with Gasteiger partial charge < -0.3 is 14.2 Å². The second-order valence-corrected chi connectivity index (χ2v) is 19.9. The summed E-state index contributed by atoms with van der Waals surface area (Å²) in [4.78, 5) is 38.1. The molecule has 1 unspecified atom stereocenters. The normalized spacial score (nSPS) is 12.5. The summed E-state index contributed by atoms with van der Waals surface area (Å²) in [6, 6.07) is 0. The first kappa shape index (κ1) is 60.4. The van der Waals surface area contributed by atoms with Crippen molar-refractivity contribution in [3.05, 3.63) is 0 Å². The Labute approximate surface area is 387 Å². The smallest absolute Gasteiger partial charge is 0.306 e. The highest BCUT2D eigenvalue weighted by Crippen LogP contribution is 2.18. The highest BCUT2D eigenvalue weighted by atomic mass is 16.6. The van der Waals surface area contributed by atoms with E-state index in [0.29, 0.717) is 19.3 Å². The van der Waals surface area contributed by atoms with Crippen LogP contribution >= 0.6 is 0 Å². The quantitative estimate of drug-likeness (QED) is 0.0344. The second-order valence-electron chi connectivity index (χ2n) is 19.9. The van der Waals surface area contributed by atoms with Gasteiger partial charge in [-0.15, -0.1) is 0 Å². The fourth-order valence-electron chi connectivity index (χ4n) is 8.49. The molecule has 0 aromatic rings. The zero-order valence-electron chi connectivity index (χ0n) is 42.5. The number of unbranched alkanes of at least 4 members (excludes halogenated alkanes) is 34. The van der Waals surface area contributed by atoms with Gasteiger partial charge in [-0.2, -0.15) is 0 Å². The van der Waals surface area contributed by atoms with Crippen molar-refractivity contribution >= 4 is 17.9 Å². The minimum atomic E-state index is -0.762. The van der Waals surface area contributed by atoms with Crippen LogP contribution in [0.3, 0.4) is 0 Å². The van der Waals surface area contributed by atoms with Gasteiger partial charge in [0.15, 0.2) is 6.10 Å². The van der Waals surface area contributed by atoms with E-state index in [1.54, 1.807) is 0 Å². The van der Waals surface area contributed by atoms with Crippen molar-refractivity contribution in [1.82, 2.24) is 0 Å². The molecule has 0 heterocycles. The van der Waals surface area contributed by atoms with Crippen LogP contribution in [0.1, 0.15) is 311 Å². The number of ether oxygens (including phenoxy) is 3. The van der Waals surface area contributed by atoms with E-state index in [9.17, 15) is 14.4 Å². The van der Waals surface area contributed by atoms with Gasteiger partial charge in [-0.05, 0) is 31.1 Å². The van der Waals surface area contributed by atoms with Gasteiger partial charge in [-0.25, -0.2) is 0 Å². The molecule has 0 amide bonds. The largest absolute Gasteiger partial charge is 0.462 e. The summed E-state index contributed by atoms with van der Waals surface area (Å²) in [7, 11) is 0. The fraction of sp³-hybridized carbons (Fsp3) is 0.946. The summed E-state index contributed by atoms with van der Waals surface area (Å²) in [5.74, 6) is 0.837. The van der Waals surface area contributed by atoms with Gasteiger partial charge in [-0.1, -0.05) is 272 Å². The number of carbonyl (C=O) groups excluding carboxylic acids is 3. The Bertz CT molecular complexity index is 949. The Kier molecular flexibility index (Phi) is 47.6. The lowest BCUT2D eigenvalue weighted by atomic mass is 9.99. The molecule has 6 heteroatoms. The molecule has 0 saturated heterocycles. The summed E-state index contributed by atoms with van der Waals surface area (Å²) in [6.45, 7) is 11.4. The fourth-order valence-corrected chi connectivity index (χ4v) is 8.49. The first-order chi connectivity index (χ1) is 30.3. The van der Waals surface area contributed by atoms with Crippen molar-refractivity contribution in [3.8, 4) is 0 Å². The van der Waals surface area contributed by atoms with E-state index in [1.165, 1.54) is 199 Å². The molecule has 2 atom stereocenters. The number of esters is 3. The predicted octanol–water partition coefficient (Wildman–Crippen LogP) is 18.1. The van der Waals surface area contributed by atoms with Gasteiger partial charge in [0, 0.05) is 19.3 Å². The lowest BCUT2D eigenvalue weighted by molar-refractivity contribution is -0.167. The summed E-state index contributed by atoms with van der Waals surface area (Å²) >= 11 is 0. The highest BCUT2D eigenvalue weighted by Gasteiger charge is 2.19. The summed E-state index contributed by atoms with van der Waals surface area (Å²) in [6.07, 6.45) is 50.9. The third-order valence-corrected chi connectivity index (χ3v) is 13.1. The Morgan fingerprint density at radius 1 is 0.339 bits per heavy atom. The molecule has 0 radical (unpaired) electrons. The molecule has 0 aliphatic carbocycles. The molecule has 0 fully saturated rings. The van der Waals surface area contributed by atoms with E-state index in [2.05, 4.69) is 34.6 Å². The van der Waals surface area contributed by atoms with Crippen molar-refractivity contribution in [2.45, 2.75) is 317 Å². The zero-order valence-corrected chi connectivity index (χ0v) is 42.5. The van der Waals surface area contributed by atoms with E-state index >= 15 is 0 Å². The van der Waals surface area contributed by atoms with Crippen LogP contribution in [-0.2, 0) is 28.6 Å². The van der Waals surface area contributed by atoms with Crippen LogP contribution in [0.5, 0.6) is 0 Å². The lowest BCUT2D eigenvalue weighted by Crippen LogP contribution is -2.30. The topological polar surface area (TPSA) is 78.9 Å². The van der Waals surface area contributed by atoms with E-state index in [0.717, 1.165) is 69.6 Å². The summed E-state index contributed by atoms with van der Waals surface area (Å²) < 4.78 is 16.9. The minimum absolute atomic E-state index is 0.0635. The van der Waals surface area contributed by atoms with Gasteiger partial charge in [0.05, 0.1) is 0 Å². The monoisotopic (exact) mass is 877 g/mol. The number of rotatable bonds is 50. The molecule has 0 saturated carbocycles. The molecule has 0 aliphatic rings. The molecule has 368 valence electrons. The maximum Gasteiger partial charge on any atom is 0.306 e. The molecule has 0 N–H and O–H groups in total. The van der Waals surface area contributed by atoms with Crippen LogP contribution in [0, 0.1) is 11.8 Å². The Morgan fingerprint density at radius 3 is 0.919 bits per heavy atom. The van der Waals surface area contributed by atoms with E-state index in [1.807, 2.05) is 0 Å². The SMILES string of the molecule is CCCCCCCCCCCCCCCCCCCC(=O)O[C@@H](COC(=O)CCCCCCCCCCCCCCC(C)C)COC(=O)CCCCCCCCCCC(C)CC. The molecule has 0 spiro atoms. The van der Waals surface area contributed by atoms with Crippen molar-refractivity contribution in [1.29, 1.82) is 0 Å². The highest BCUT2D eigenvalue weighted by molar-refractivity contribution is 5.71. The van der Waals surface area contributed by atoms with Crippen molar-refractivity contribution in [2.24, 2.45) is 11.8 Å². The molecule has 0 aromatic heterocycles. The van der Waals surface area contributed by atoms with E-state index < -0.39 is 6.10 Å². The molecule has 6 nitrogen and oxygen atoms in total. The first-order valence-electron chi connectivity index (χ1n) is 27.8. The van der Waals surface area contributed by atoms with Gasteiger partial charge in [-0.3, -0.25) is 14.4 Å². The minimum Gasteiger partial charge on any atom is -0.462 e. The van der Waals surface area contributed by atoms with Crippen molar-refractivity contribution in [2.75, 3.05) is 13.2 Å². The summed E-state index contributed by atoms with van der Waals surface area (Å²) in [5.41, 5.74) is 0. The Hall–Kier alpha value is -1.59. The average molecular weight is 877 g/mol. The Balaban J connectivity index is 4.30. The van der Waals surface area contributed by atoms with Crippen LogP contribution in [0.15, 0.2) is 0 Å². The van der Waals surface area contributed by atoms with E-state index in [-0.39, 0.29) is 31.1 Å². The van der Waals surface area contributed by atoms with Crippen molar-refractivity contribution < 1.29 is 28.6 Å². The first-order valence-corrected chi connectivity index (χ1v) is 27.8. The molecular weight excluding hydrogens is 769 g/mol. The molecule has 62 heavy (non-hydrogen) atoms. The van der Waals surface area contributed by atoms with Gasteiger partial charge in [0.1, 0.15) is 13.2 Å². The number of carbonyl (C=O) groups is 3. The standard InChI is InChI=1S/C56H108O6/c1-6-8-9-10-11-12-13-14-15-16-17-18-23-26-33-38-43-48-56(59)62-53(50-61-55(58)47-42-37-32-28-27-30-35-40-45-52(5)7-2)49-60-54(57)46-41-36-31-25-22-20-19-21-24-29-34-39-44-51(3)4/h51-53H,6-50H2,1-5H3/t52?,53-/m0/s1. The lowest BCUT2D eigenvalue weighted by Gasteiger charge is -2.18. The zero-order chi connectivity index (χ0) is 45.4. The molecular formula is C56H108O6. The van der Waals surface area contributed by atoms with Gasteiger partial charge >= 0.3 is 17.9 Å². The second kappa shape index (κ2) is 48.9. The molecule has 0 bridgehead atoms. The summed E-state index contributed by atoms with van der Waals surface area (Å²) in [5, 5.41) is 0. The maximum atomic E-state index is 12.8.